The minimum Gasteiger partial charge on any atom is -0.497 e. The first-order valence-corrected chi connectivity index (χ1v) is 3.75. The molecule has 0 aliphatic carbocycles. The number of rotatable bonds is 5. The van der Waals surface area contributed by atoms with Crippen molar-refractivity contribution in [1.82, 2.24) is 0 Å². The third-order valence-electron chi connectivity index (χ3n) is 1.29. The summed E-state index contributed by atoms with van der Waals surface area (Å²) in [6, 6.07) is -0.0446. The topological polar surface area (TPSA) is 35.2 Å². The first-order valence-electron chi connectivity index (χ1n) is 3.75. The van der Waals surface area contributed by atoms with Gasteiger partial charge in [0.25, 0.3) is 0 Å². The molecule has 2 N–H and O–H groups in total. The van der Waals surface area contributed by atoms with Gasteiger partial charge in [-0.2, -0.15) is 0 Å². The van der Waals surface area contributed by atoms with Crippen LogP contribution in [0.2, 0.25) is 0 Å². The summed E-state index contributed by atoms with van der Waals surface area (Å²) >= 11 is 0. The Labute approximate surface area is 63.1 Å². The van der Waals surface area contributed by atoms with Gasteiger partial charge in [0, 0.05) is 0 Å². The zero-order valence-corrected chi connectivity index (χ0v) is 6.89. The molecule has 10 heavy (non-hydrogen) atoms. The van der Waals surface area contributed by atoms with E-state index in [4.69, 9.17) is 10.5 Å². The monoisotopic (exact) mass is 143 g/mol. The van der Waals surface area contributed by atoms with E-state index in [9.17, 15) is 0 Å². The lowest BCUT2D eigenvalue weighted by Gasteiger charge is -2.10. The number of ether oxygens (including phenoxy) is 1. The summed E-state index contributed by atoms with van der Waals surface area (Å²) in [4.78, 5) is 0. The summed E-state index contributed by atoms with van der Waals surface area (Å²) in [5.41, 5.74) is 5.49. The SMILES string of the molecule is C=C(OCCCC)[C@H](C)N. The fourth-order valence-corrected chi connectivity index (χ4v) is 0.479. The molecule has 0 radical (unpaired) electrons. The summed E-state index contributed by atoms with van der Waals surface area (Å²) in [5.74, 6) is 0.688. The van der Waals surface area contributed by atoms with Gasteiger partial charge in [0.05, 0.1) is 12.6 Å². The van der Waals surface area contributed by atoms with E-state index in [1.165, 1.54) is 0 Å². The molecule has 60 valence electrons. The van der Waals surface area contributed by atoms with E-state index in [1.54, 1.807) is 0 Å². The number of hydrogen-bond donors (Lipinski definition) is 1. The zero-order chi connectivity index (χ0) is 7.98. The molecular weight excluding hydrogens is 126 g/mol. The average Bonchev–Trinajstić information content (AvgIpc) is 1.88. The Morgan fingerprint density at radius 3 is 2.70 bits per heavy atom. The maximum Gasteiger partial charge on any atom is 0.105 e. The Bertz CT molecular complexity index is 99.4. The fourth-order valence-electron chi connectivity index (χ4n) is 0.479. The van der Waals surface area contributed by atoms with Gasteiger partial charge in [-0.25, -0.2) is 0 Å². The summed E-state index contributed by atoms with van der Waals surface area (Å²) in [6.07, 6.45) is 2.22. The maximum atomic E-state index is 5.49. The van der Waals surface area contributed by atoms with E-state index in [2.05, 4.69) is 13.5 Å². The molecule has 0 aromatic carbocycles. The van der Waals surface area contributed by atoms with E-state index >= 15 is 0 Å². The highest BCUT2D eigenvalue weighted by Gasteiger charge is 1.98. The Hall–Kier alpha value is -0.500. The summed E-state index contributed by atoms with van der Waals surface area (Å²) in [7, 11) is 0. The van der Waals surface area contributed by atoms with Crippen LogP contribution in [0, 0.1) is 0 Å². The molecule has 0 unspecified atom stereocenters. The second-order valence-electron chi connectivity index (χ2n) is 2.46. The van der Waals surface area contributed by atoms with Crippen LogP contribution in [0.4, 0.5) is 0 Å². The lowest BCUT2D eigenvalue weighted by molar-refractivity contribution is 0.193. The average molecular weight is 143 g/mol. The lowest BCUT2D eigenvalue weighted by atomic mass is 10.3. The Kier molecular flexibility index (Phi) is 5.03. The van der Waals surface area contributed by atoms with E-state index in [1.807, 2.05) is 6.92 Å². The highest BCUT2D eigenvalue weighted by Crippen LogP contribution is 1.99. The van der Waals surface area contributed by atoms with Crippen LogP contribution < -0.4 is 5.73 Å². The number of nitrogens with two attached hydrogens (primary N) is 1. The van der Waals surface area contributed by atoms with Crippen LogP contribution in [0.15, 0.2) is 12.3 Å². The van der Waals surface area contributed by atoms with Crippen molar-refractivity contribution in [2.24, 2.45) is 5.73 Å². The number of hydrogen-bond acceptors (Lipinski definition) is 2. The molecule has 0 bridgehead atoms. The summed E-state index contributed by atoms with van der Waals surface area (Å²) in [5, 5.41) is 0. The molecule has 0 aromatic heterocycles. The standard InChI is InChI=1S/C8H17NO/c1-4-5-6-10-8(3)7(2)9/h7H,3-6,9H2,1-2H3/t7-/m0/s1. The molecule has 0 aliphatic rings. The second kappa shape index (κ2) is 5.30. The van der Waals surface area contributed by atoms with Crippen LogP contribution in [-0.4, -0.2) is 12.6 Å². The van der Waals surface area contributed by atoms with Crippen molar-refractivity contribution in [1.29, 1.82) is 0 Å². The minimum absolute atomic E-state index is 0.0446. The van der Waals surface area contributed by atoms with E-state index in [0.29, 0.717) is 5.76 Å². The normalized spacial score (nSPS) is 12.7. The molecule has 0 aromatic rings. The van der Waals surface area contributed by atoms with Crippen molar-refractivity contribution in [3.8, 4) is 0 Å². The molecule has 0 saturated heterocycles. The Morgan fingerprint density at radius 1 is 1.70 bits per heavy atom. The van der Waals surface area contributed by atoms with Gasteiger partial charge in [0.15, 0.2) is 0 Å². The Balaban J connectivity index is 3.22. The first kappa shape index (κ1) is 9.50. The van der Waals surface area contributed by atoms with E-state index < -0.39 is 0 Å². The summed E-state index contributed by atoms with van der Waals surface area (Å²) in [6.45, 7) is 8.42. The number of unbranched alkanes of at least 4 members (excludes halogenated alkanes) is 1. The molecular formula is C8H17NO. The molecule has 0 spiro atoms. The van der Waals surface area contributed by atoms with Gasteiger partial charge in [-0.05, 0) is 13.3 Å². The summed E-state index contributed by atoms with van der Waals surface area (Å²) < 4.78 is 5.22. The largest absolute Gasteiger partial charge is 0.497 e. The van der Waals surface area contributed by atoms with Gasteiger partial charge in [0.1, 0.15) is 5.76 Å². The predicted molar refractivity (Wildman–Crippen MR) is 43.6 cm³/mol. The molecule has 0 amide bonds. The van der Waals surface area contributed by atoms with Gasteiger partial charge in [-0.15, -0.1) is 0 Å². The van der Waals surface area contributed by atoms with Crippen molar-refractivity contribution in [2.45, 2.75) is 32.7 Å². The van der Waals surface area contributed by atoms with Gasteiger partial charge < -0.3 is 10.5 Å². The lowest BCUT2D eigenvalue weighted by Crippen LogP contribution is -2.19. The van der Waals surface area contributed by atoms with Gasteiger partial charge in [-0.3, -0.25) is 0 Å². The molecule has 2 nitrogen and oxygen atoms in total. The molecule has 0 rings (SSSR count). The van der Waals surface area contributed by atoms with Crippen LogP contribution >= 0.6 is 0 Å². The molecule has 0 fully saturated rings. The molecule has 0 aliphatic heterocycles. The molecule has 1 atom stereocenters. The molecule has 0 heterocycles. The van der Waals surface area contributed by atoms with Crippen molar-refractivity contribution in [3.63, 3.8) is 0 Å². The quantitative estimate of drug-likeness (QED) is 0.469. The molecule has 2 heteroatoms. The van der Waals surface area contributed by atoms with E-state index in [0.717, 1.165) is 19.4 Å². The maximum absolute atomic E-state index is 5.49. The van der Waals surface area contributed by atoms with Crippen LogP contribution in [0.25, 0.3) is 0 Å². The van der Waals surface area contributed by atoms with Gasteiger partial charge in [0.2, 0.25) is 0 Å². The first-order chi connectivity index (χ1) is 4.68. The smallest absolute Gasteiger partial charge is 0.105 e. The van der Waals surface area contributed by atoms with Crippen molar-refractivity contribution >= 4 is 0 Å². The highest BCUT2D eigenvalue weighted by atomic mass is 16.5. The van der Waals surface area contributed by atoms with Crippen molar-refractivity contribution in [3.05, 3.63) is 12.3 Å². The second-order valence-corrected chi connectivity index (χ2v) is 2.46. The fraction of sp³-hybridized carbons (Fsp3) is 0.750. The van der Waals surface area contributed by atoms with Crippen LogP contribution in [-0.2, 0) is 4.74 Å². The third-order valence-corrected chi connectivity index (χ3v) is 1.29. The zero-order valence-electron chi connectivity index (χ0n) is 6.89. The predicted octanol–water partition coefficient (Wildman–Crippen LogP) is 1.66. The van der Waals surface area contributed by atoms with Crippen LogP contribution in [0.5, 0.6) is 0 Å². The van der Waals surface area contributed by atoms with Gasteiger partial charge in [-0.1, -0.05) is 19.9 Å². The van der Waals surface area contributed by atoms with E-state index in [-0.39, 0.29) is 6.04 Å². The molecule has 0 saturated carbocycles. The van der Waals surface area contributed by atoms with Crippen LogP contribution in [0.3, 0.4) is 0 Å². The van der Waals surface area contributed by atoms with Crippen molar-refractivity contribution in [2.75, 3.05) is 6.61 Å². The van der Waals surface area contributed by atoms with Crippen LogP contribution in [0.1, 0.15) is 26.7 Å². The Morgan fingerprint density at radius 2 is 2.30 bits per heavy atom. The third kappa shape index (κ3) is 4.39. The van der Waals surface area contributed by atoms with Crippen molar-refractivity contribution < 1.29 is 4.74 Å². The minimum atomic E-state index is -0.0446. The highest BCUT2D eigenvalue weighted by molar-refractivity contribution is 4.91. The van der Waals surface area contributed by atoms with Gasteiger partial charge >= 0.3 is 0 Å².